The fourth-order valence-corrected chi connectivity index (χ4v) is 13.1. The van der Waals surface area contributed by atoms with Crippen molar-refractivity contribution in [3.8, 4) is 56.4 Å². The molecule has 0 amide bonds. The van der Waals surface area contributed by atoms with E-state index in [4.69, 9.17) is 19.4 Å². The molecule has 1 saturated carbocycles. The van der Waals surface area contributed by atoms with Gasteiger partial charge in [0, 0.05) is 33.0 Å². The zero-order valence-electron chi connectivity index (χ0n) is 45.1. The number of allylic oxidation sites excluding steroid dienone is 4. The van der Waals surface area contributed by atoms with Gasteiger partial charge in [0.1, 0.15) is 11.2 Å². The van der Waals surface area contributed by atoms with Crippen LogP contribution in [0, 0.1) is 11.8 Å². The number of rotatable bonds is 13. The molecule has 0 aliphatic heterocycles. The molecule has 0 N–H and O–H groups in total. The van der Waals surface area contributed by atoms with Crippen LogP contribution in [0.5, 0.6) is 0 Å². The SMILES string of the molecule is C1=CC2CC2C=C1C(c1ccccc1)(c1ccccc1)c1ccc(-c2cc(-c3ccc(C(c4ccccc4)(c4ccccc4)c4ccccc4)cc3)c3oc4cccc(-c5nc(-c6ccccc6)nc(-c6ccccc6)n5)c4c3c2)cc1. The van der Waals surface area contributed by atoms with E-state index < -0.39 is 10.8 Å². The van der Waals surface area contributed by atoms with E-state index in [-0.39, 0.29) is 0 Å². The largest absolute Gasteiger partial charge is 0.455 e. The lowest BCUT2D eigenvalue weighted by molar-refractivity contribution is 0.670. The van der Waals surface area contributed by atoms with Crippen molar-refractivity contribution in [2.24, 2.45) is 11.8 Å². The summed E-state index contributed by atoms with van der Waals surface area (Å²) < 4.78 is 7.18. The summed E-state index contributed by atoms with van der Waals surface area (Å²) in [7, 11) is 0. The maximum atomic E-state index is 7.18. The molecular weight excluding hydrogens is 995 g/mol. The van der Waals surface area contributed by atoms with Crippen LogP contribution in [0.15, 0.2) is 319 Å². The number of benzene rings is 11. The second-order valence-corrected chi connectivity index (χ2v) is 21.7. The minimum Gasteiger partial charge on any atom is -0.455 e. The Kier molecular flexibility index (Phi) is 12.2. The third-order valence-corrected chi connectivity index (χ3v) is 17.1. The van der Waals surface area contributed by atoms with Gasteiger partial charge in [-0.25, -0.2) is 15.0 Å². The molecule has 11 aromatic carbocycles. The van der Waals surface area contributed by atoms with Gasteiger partial charge in [0.25, 0.3) is 0 Å². The minimum absolute atomic E-state index is 0.534. The highest BCUT2D eigenvalue weighted by Gasteiger charge is 2.44. The first kappa shape index (κ1) is 48.8. The lowest BCUT2D eigenvalue weighted by Crippen LogP contribution is -2.32. The minimum atomic E-state index is -0.601. The summed E-state index contributed by atoms with van der Waals surface area (Å²) in [6.45, 7) is 0. The summed E-state index contributed by atoms with van der Waals surface area (Å²) in [5, 5.41) is 1.91. The van der Waals surface area contributed by atoms with Gasteiger partial charge in [0.05, 0.1) is 10.8 Å². The first-order valence-corrected chi connectivity index (χ1v) is 28.4. The fourth-order valence-electron chi connectivity index (χ4n) is 13.1. The Bertz CT molecular complexity index is 4290. The molecule has 2 heterocycles. The zero-order chi connectivity index (χ0) is 54.5. The lowest BCUT2D eigenvalue weighted by atomic mass is 9.63. The van der Waals surface area contributed by atoms with Crippen molar-refractivity contribution < 1.29 is 4.42 Å². The Labute approximate surface area is 478 Å². The van der Waals surface area contributed by atoms with E-state index in [1.54, 1.807) is 0 Å². The van der Waals surface area contributed by atoms with Gasteiger partial charge in [-0.1, -0.05) is 291 Å². The van der Waals surface area contributed by atoms with Crippen molar-refractivity contribution in [1.29, 1.82) is 0 Å². The highest BCUT2D eigenvalue weighted by Crippen LogP contribution is 2.53. The van der Waals surface area contributed by atoms with Crippen LogP contribution in [0.2, 0.25) is 0 Å². The molecule has 2 atom stereocenters. The second kappa shape index (κ2) is 20.4. The van der Waals surface area contributed by atoms with Crippen LogP contribution in [0.1, 0.15) is 45.4 Å². The Morgan fingerprint density at radius 3 is 1.24 bits per heavy atom. The Morgan fingerprint density at radius 2 is 0.756 bits per heavy atom. The van der Waals surface area contributed by atoms with E-state index in [0.29, 0.717) is 29.3 Å². The average Bonchev–Trinajstić information content (AvgIpc) is 2.80. The molecule has 13 aromatic rings. The molecule has 0 radical (unpaired) electrons. The van der Waals surface area contributed by atoms with Gasteiger partial charge in [-0.2, -0.15) is 0 Å². The molecule has 2 aliphatic rings. The van der Waals surface area contributed by atoms with Crippen LogP contribution < -0.4 is 0 Å². The van der Waals surface area contributed by atoms with Crippen molar-refractivity contribution in [1.82, 2.24) is 15.0 Å². The maximum Gasteiger partial charge on any atom is 0.164 e. The maximum absolute atomic E-state index is 7.18. The summed E-state index contributed by atoms with van der Waals surface area (Å²) in [6.07, 6.45) is 8.60. The van der Waals surface area contributed by atoms with Crippen molar-refractivity contribution in [2.45, 2.75) is 17.3 Å². The van der Waals surface area contributed by atoms with E-state index in [0.717, 1.165) is 66.4 Å². The molecule has 0 saturated heterocycles. The van der Waals surface area contributed by atoms with Crippen molar-refractivity contribution in [2.75, 3.05) is 0 Å². The summed E-state index contributed by atoms with van der Waals surface area (Å²) in [6, 6.07) is 105. The molecule has 0 spiro atoms. The van der Waals surface area contributed by atoms with E-state index in [1.165, 1.54) is 45.4 Å². The Morgan fingerprint density at radius 1 is 0.329 bits per heavy atom. The summed E-state index contributed by atoms with van der Waals surface area (Å²) >= 11 is 0. The van der Waals surface area contributed by atoms with Crippen molar-refractivity contribution in [3.63, 3.8) is 0 Å². The van der Waals surface area contributed by atoms with Gasteiger partial charge in [-0.15, -0.1) is 0 Å². The molecule has 2 aromatic heterocycles. The molecule has 82 heavy (non-hydrogen) atoms. The Balaban J connectivity index is 0.951. The predicted octanol–water partition coefficient (Wildman–Crippen LogP) is 19.0. The highest BCUT2D eigenvalue weighted by atomic mass is 16.3. The molecular formula is C78H55N3O. The van der Waals surface area contributed by atoms with Crippen LogP contribution in [0.3, 0.4) is 0 Å². The van der Waals surface area contributed by atoms with Gasteiger partial charge in [-0.05, 0) is 97.7 Å². The topological polar surface area (TPSA) is 51.8 Å². The molecule has 2 aliphatic carbocycles. The molecule has 0 bridgehead atoms. The van der Waals surface area contributed by atoms with Crippen LogP contribution in [-0.2, 0) is 10.8 Å². The third-order valence-electron chi connectivity index (χ3n) is 17.1. The van der Waals surface area contributed by atoms with Gasteiger partial charge in [0.2, 0.25) is 0 Å². The van der Waals surface area contributed by atoms with Gasteiger partial charge < -0.3 is 4.42 Å². The van der Waals surface area contributed by atoms with E-state index >= 15 is 0 Å². The lowest BCUT2D eigenvalue weighted by Gasteiger charge is -2.38. The first-order valence-electron chi connectivity index (χ1n) is 28.4. The van der Waals surface area contributed by atoms with Crippen LogP contribution >= 0.6 is 0 Å². The fraction of sp³-hybridized carbons (Fsp3) is 0.0641. The number of nitrogens with zero attached hydrogens (tertiary/aromatic N) is 3. The molecule has 388 valence electrons. The van der Waals surface area contributed by atoms with E-state index in [2.05, 4.69) is 267 Å². The number of hydrogen-bond acceptors (Lipinski definition) is 4. The number of furan rings is 1. The number of aromatic nitrogens is 3. The van der Waals surface area contributed by atoms with Gasteiger partial charge in [-0.3, -0.25) is 0 Å². The molecule has 4 heteroatoms. The van der Waals surface area contributed by atoms with Crippen molar-refractivity contribution in [3.05, 3.63) is 354 Å². The second-order valence-electron chi connectivity index (χ2n) is 21.7. The third kappa shape index (κ3) is 8.33. The first-order chi connectivity index (χ1) is 40.6. The van der Waals surface area contributed by atoms with E-state index in [1.807, 2.05) is 42.5 Å². The average molecular weight is 1050 g/mol. The molecule has 4 nitrogen and oxygen atoms in total. The van der Waals surface area contributed by atoms with Gasteiger partial charge in [0.15, 0.2) is 17.5 Å². The number of fused-ring (bicyclic) bond motifs is 4. The van der Waals surface area contributed by atoms with Crippen LogP contribution in [-0.4, -0.2) is 15.0 Å². The Hall–Kier alpha value is -10.3. The van der Waals surface area contributed by atoms with E-state index in [9.17, 15) is 0 Å². The quantitative estimate of drug-likeness (QED) is 0.108. The monoisotopic (exact) mass is 1050 g/mol. The molecule has 1 fully saturated rings. The van der Waals surface area contributed by atoms with Gasteiger partial charge >= 0.3 is 0 Å². The summed E-state index contributed by atoms with van der Waals surface area (Å²) in [5.74, 6) is 2.98. The smallest absolute Gasteiger partial charge is 0.164 e. The standard InChI is InChI=1S/C78H55N3O/c1-8-23-55(24-9-1)74-79-75(56-25-10-2-11-26-56)81-76(80-74)68-37-22-38-71-72(68)70-52-59(53-39-44-66(45-40-53)78(63-33-18-6-19-34-63,64-35-20-7-21-36-64)67-48-43-57-49-58(57)50-67)51-69(73(70)82-71)54-41-46-65(47-42-54)77(60-27-12-3-13-28-60,61-29-14-4-15-30-61)62-31-16-5-17-32-62/h1-48,50-52,57-58H,49H2. The molecule has 2 unspecified atom stereocenters. The zero-order valence-corrected chi connectivity index (χ0v) is 45.1. The van der Waals surface area contributed by atoms with Crippen molar-refractivity contribution >= 4 is 21.9 Å². The number of hydrogen-bond donors (Lipinski definition) is 0. The highest BCUT2D eigenvalue weighted by molar-refractivity contribution is 6.16. The van der Waals surface area contributed by atoms with Crippen LogP contribution in [0.4, 0.5) is 0 Å². The normalized spacial score (nSPS) is 14.8. The summed E-state index contributed by atoms with van der Waals surface area (Å²) in [4.78, 5) is 15.6. The predicted molar refractivity (Wildman–Crippen MR) is 334 cm³/mol. The van der Waals surface area contributed by atoms with Crippen LogP contribution in [0.25, 0.3) is 78.4 Å². The summed E-state index contributed by atoms with van der Waals surface area (Å²) in [5.41, 5.74) is 17.0. The molecule has 15 rings (SSSR count).